The summed E-state index contributed by atoms with van der Waals surface area (Å²) >= 11 is 23.1. The van der Waals surface area contributed by atoms with Crippen LogP contribution in [-0.4, -0.2) is 11.2 Å². The Balaban J connectivity index is 2.26. The summed E-state index contributed by atoms with van der Waals surface area (Å²) < 4.78 is 4.60. The summed E-state index contributed by atoms with van der Waals surface area (Å²) in [6.45, 7) is 28.4. The fourth-order valence-corrected chi connectivity index (χ4v) is 13.6. The fourth-order valence-electron chi connectivity index (χ4n) is 6.64. The number of nitrogens with zero attached hydrogens (tertiary/aromatic N) is 2. The van der Waals surface area contributed by atoms with E-state index in [1.807, 2.05) is 0 Å². The largest absolute Gasteiger partial charge is 0.294 e. The lowest BCUT2D eigenvalue weighted by atomic mass is 9.92. The molecule has 0 saturated heterocycles. The smallest absolute Gasteiger partial charge is 0.176 e. The van der Waals surface area contributed by atoms with Gasteiger partial charge in [-0.2, -0.15) is 9.13 Å². The highest BCUT2D eigenvalue weighted by molar-refractivity contribution is 8.45. The third kappa shape index (κ3) is 7.40. The molecule has 0 amide bonds. The molecule has 0 aliphatic heterocycles. The Morgan fingerprint density at radius 1 is 0.553 bits per heavy atom. The van der Waals surface area contributed by atoms with Crippen molar-refractivity contribution in [2.75, 3.05) is 6.66 Å². The first-order valence-electron chi connectivity index (χ1n) is 17.1. The number of hydrogen-bond donors (Lipinski definition) is 0. The van der Waals surface area contributed by atoms with Gasteiger partial charge < -0.3 is 0 Å². The lowest BCUT2D eigenvalue weighted by Gasteiger charge is -2.27. The number of para-hydroxylation sites is 2. The van der Waals surface area contributed by atoms with Crippen molar-refractivity contribution in [2.24, 2.45) is 0 Å². The van der Waals surface area contributed by atoms with E-state index in [9.17, 15) is 0 Å². The van der Waals surface area contributed by atoms with Crippen LogP contribution in [0, 0.1) is 0 Å². The molecule has 2 unspecified atom stereocenters. The normalized spacial score (nSPS) is 13.7. The maximum absolute atomic E-state index is 7.96. The van der Waals surface area contributed by atoms with Crippen LogP contribution in [0.3, 0.4) is 0 Å². The monoisotopic (exact) mass is 729 g/mol. The molecule has 0 spiro atoms. The van der Waals surface area contributed by atoms with Gasteiger partial charge in [0.25, 0.3) is 15.9 Å². The molecule has 0 aliphatic rings. The molecule has 254 valence electrons. The quantitative estimate of drug-likeness (QED) is 0.107. The zero-order valence-electron chi connectivity index (χ0n) is 30.6. The molecule has 4 rings (SSSR count). The predicted octanol–water partition coefficient (Wildman–Crippen LogP) is 13.4. The van der Waals surface area contributed by atoms with Crippen molar-refractivity contribution in [1.29, 1.82) is 0 Å². The molecular formula is C40H54Cl3N2P2+. The average molecular weight is 731 g/mol. The number of aromatic nitrogens is 2. The van der Waals surface area contributed by atoms with Crippen molar-refractivity contribution in [1.82, 2.24) is 4.57 Å². The Bertz CT molecular complexity index is 1550. The van der Waals surface area contributed by atoms with Crippen molar-refractivity contribution < 1.29 is 4.57 Å². The number of hydrogen-bond acceptors (Lipinski definition) is 0. The number of imidazole rings is 1. The first kappa shape index (κ1) is 38.4. The van der Waals surface area contributed by atoms with Gasteiger partial charge in [-0.3, -0.25) is 0 Å². The summed E-state index contributed by atoms with van der Waals surface area (Å²) in [6.07, 6.45) is 0. The third-order valence-corrected chi connectivity index (χ3v) is 17.6. The van der Waals surface area contributed by atoms with E-state index in [2.05, 4.69) is 153 Å². The zero-order valence-corrected chi connectivity index (χ0v) is 34.6. The van der Waals surface area contributed by atoms with Crippen molar-refractivity contribution in [3.8, 4) is 11.4 Å². The van der Waals surface area contributed by atoms with Crippen LogP contribution in [0.4, 0.5) is 0 Å². The van der Waals surface area contributed by atoms with Gasteiger partial charge >= 0.3 is 0 Å². The molecule has 0 aliphatic carbocycles. The topological polar surface area (TPSA) is 8.81 Å². The Kier molecular flexibility index (Phi) is 12.8. The van der Waals surface area contributed by atoms with E-state index in [1.54, 1.807) is 0 Å². The second kappa shape index (κ2) is 15.7. The molecule has 0 N–H and O–H groups in total. The minimum Gasteiger partial charge on any atom is -0.176 e. The van der Waals surface area contributed by atoms with Crippen LogP contribution in [0.15, 0.2) is 54.6 Å². The first-order valence-corrected chi connectivity index (χ1v) is 22.6. The molecule has 2 atom stereocenters. The van der Waals surface area contributed by atoms with E-state index in [1.165, 1.54) is 38.7 Å². The van der Waals surface area contributed by atoms with E-state index in [4.69, 9.17) is 34.4 Å². The standard InChI is InChI=1S/C40H54Cl3N2P2/c1-23(2)29-17-14-18-30(24(3)4)35(29)44-38(41)39(42)45(36-31(25(5)6)19-15-20-32(36)26(7)8)40(44)46(13)47(43)37-33(27(9)10)21-16-22-34(37)28(11)12/h14-28H,1-13H3/q+1. The van der Waals surface area contributed by atoms with Crippen LogP contribution in [0.5, 0.6) is 0 Å². The Hall–Kier alpha value is -1.40. The number of benzene rings is 3. The van der Waals surface area contributed by atoms with Crippen molar-refractivity contribution in [2.45, 2.75) is 119 Å². The zero-order chi connectivity index (χ0) is 35.1. The molecule has 2 nitrogen and oxygen atoms in total. The van der Waals surface area contributed by atoms with Gasteiger partial charge in [0.2, 0.25) is 0 Å². The van der Waals surface area contributed by atoms with Crippen molar-refractivity contribution in [3.63, 3.8) is 0 Å². The Morgan fingerprint density at radius 3 is 1.26 bits per heavy atom. The lowest BCUT2D eigenvalue weighted by molar-refractivity contribution is -0.573. The molecule has 0 saturated carbocycles. The van der Waals surface area contributed by atoms with Gasteiger partial charge in [0.05, 0.1) is 14.6 Å². The average Bonchev–Trinajstić information content (AvgIpc) is 3.27. The molecule has 0 radical (unpaired) electrons. The van der Waals surface area contributed by atoms with Gasteiger partial charge in [-0.25, -0.2) is 0 Å². The second-order valence-electron chi connectivity index (χ2n) is 14.6. The molecule has 3 aromatic carbocycles. The van der Waals surface area contributed by atoms with E-state index < -0.39 is 14.6 Å². The summed E-state index contributed by atoms with van der Waals surface area (Å²) in [6, 6.07) is 20.1. The van der Waals surface area contributed by atoms with Crippen molar-refractivity contribution in [3.05, 3.63) is 98.3 Å². The summed E-state index contributed by atoms with van der Waals surface area (Å²) in [5.41, 5.74) is 11.1. The Morgan fingerprint density at radius 2 is 0.894 bits per heavy atom. The van der Waals surface area contributed by atoms with Gasteiger partial charge in [-0.15, -0.1) is 0 Å². The highest BCUT2D eigenvalue weighted by atomic mass is 35.7. The van der Waals surface area contributed by atoms with Gasteiger partial charge in [-0.05, 0) is 76.5 Å². The van der Waals surface area contributed by atoms with Crippen LogP contribution in [0.2, 0.25) is 10.3 Å². The highest BCUT2D eigenvalue weighted by Crippen LogP contribution is 2.70. The first-order chi connectivity index (χ1) is 22.0. The predicted molar refractivity (Wildman–Crippen MR) is 213 cm³/mol. The minimum atomic E-state index is -1.15. The summed E-state index contributed by atoms with van der Waals surface area (Å²) in [4.78, 5) is 0. The number of rotatable bonds is 11. The molecule has 1 aromatic heterocycles. The molecule has 47 heavy (non-hydrogen) atoms. The lowest BCUT2D eigenvalue weighted by Crippen LogP contribution is -2.48. The van der Waals surface area contributed by atoms with Crippen molar-refractivity contribution >= 4 is 59.9 Å². The third-order valence-electron chi connectivity index (χ3n) is 9.17. The van der Waals surface area contributed by atoms with Crippen LogP contribution < -0.4 is 15.4 Å². The molecule has 0 fully saturated rings. The maximum Gasteiger partial charge on any atom is 0.294 e. The van der Waals surface area contributed by atoms with E-state index in [-0.39, 0.29) is 23.7 Å². The van der Waals surface area contributed by atoms with Crippen LogP contribution in [-0.2, 0) is 0 Å². The summed E-state index contributed by atoms with van der Waals surface area (Å²) in [5, 5.41) is 2.40. The SMILES string of the molecule is CC(C)c1cccc(C(C)C)c1-n1c(Cl)c(Cl)[n+](-c2c(C(C)C)cccc2C(C)C)c1P(C)P(Cl)c1c(C(C)C)cccc1C(C)C. The molecule has 4 aromatic rings. The molecular weight excluding hydrogens is 677 g/mol. The van der Waals surface area contributed by atoms with Gasteiger partial charge in [0, 0.05) is 27.6 Å². The van der Waals surface area contributed by atoms with Gasteiger partial charge in [-0.1, -0.05) is 149 Å². The number of halogens is 3. The van der Waals surface area contributed by atoms with Crippen LogP contribution in [0.25, 0.3) is 11.4 Å². The van der Waals surface area contributed by atoms with Gasteiger partial charge in [0.1, 0.15) is 11.4 Å². The van der Waals surface area contributed by atoms with E-state index in [0.717, 1.165) is 16.9 Å². The van der Waals surface area contributed by atoms with E-state index >= 15 is 0 Å². The van der Waals surface area contributed by atoms with Gasteiger partial charge in [0.15, 0.2) is 0 Å². The molecule has 7 heteroatoms. The summed E-state index contributed by atoms with van der Waals surface area (Å²) in [5.74, 6) is 1.84. The Labute approximate surface area is 302 Å². The second-order valence-corrected chi connectivity index (χ2v) is 22.5. The maximum atomic E-state index is 7.96. The molecule has 0 bridgehead atoms. The van der Waals surface area contributed by atoms with Crippen LogP contribution in [0.1, 0.15) is 152 Å². The van der Waals surface area contributed by atoms with E-state index in [0.29, 0.717) is 22.1 Å². The fraction of sp³-hybridized carbons (Fsp3) is 0.475. The summed E-state index contributed by atoms with van der Waals surface area (Å²) in [7, 11) is -1.02. The highest BCUT2D eigenvalue weighted by Gasteiger charge is 2.42. The minimum absolute atomic E-state index is 0.284. The van der Waals surface area contributed by atoms with Crippen LogP contribution >= 0.6 is 49.0 Å². The molecule has 1 heterocycles.